The van der Waals surface area contributed by atoms with Crippen LogP contribution in [0.2, 0.25) is 0 Å². The van der Waals surface area contributed by atoms with Gasteiger partial charge in [-0.1, -0.05) is 13.8 Å². The molecule has 0 amide bonds. The van der Waals surface area contributed by atoms with Crippen molar-refractivity contribution in [2.45, 2.75) is 51.1 Å². The summed E-state index contributed by atoms with van der Waals surface area (Å²) in [5, 5.41) is 3.06. The minimum Gasteiger partial charge on any atom is -0.315 e. The van der Waals surface area contributed by atoms with Crippen LogP contribution in [-0.2, 0) is 16.6 Å². The average molecular weight is 316 g/mol. The van der Waals surface area contributed by atoms with E-state index < -0.39 is 10.0 Å². The summed E-state index contributed by atoms with van der Waals surface area (Å²) in [6, 6.07) is 1.86. The molecule has 1 saturated carbocycles. The highest BCUT2D eigenvalue weighted by atomic mass is 32.2. The largest absolute Gasteiger partial charge is 0.315 e. The number of sulfonamides is 1. The fraction of sp³-hybridized carbons (Fsp3) is 0.714. The van der Waals surface area contributed by atoms with Crippen LogP contribution in [0.15, 0.2) is 11.0 Å². The van der Waals surface area contributed by atoms with Crippen LogP contribution in [0.3, 0.4) is 0 Å². The van der Waals surface area contributed by atoms with Crippen molar-refractivity contribution >= 4 is 21.4 Å². The molecule has 4 nitrogen and oxygen atoms in total. The molecule has 0 saturated heterocycles. The predicted molar refractivity (Wildman–Crippen MR) is 83.5 cm³/mol. The molecular weight excluding hydrogens is 292 g/mol. The van der Waals surface area contributed by atoms with Crippen molar-refractivity contribution in [1.82, 2.24) is 10.0 Å². The zero-order valence-electron chi connectivity index (χ0n) is 12.6. The summed E-state index contributed by atoms with van der Waals surface area (Å²) in [6.07, 6.45) is 2.04. The lowest BCUT2D eigenvalue weighted by molar-refractivity contribution is 0.402. The first-order valence-corrected chi connectivity index (χ1v) is 9.41. The standard InChI is InChI=1S/C14H24N2O2S2/c1-9-5-6-13(10(9)2)16-20(17,18)14-7-12(8-15-4)19-11(14)3/h7,9-10,13,15-16H,5-6,8H2,1-4H3. The summed E-state index contributed by atoms with van der Waals surface area (Å²) in [5.74, 6) is 0.992. The quantitative estimate of drug-likeness (QED) is 0.877. The summed E-state index contributed by atoms with van der Waals surface area (Å²) in [6.45, 7) is 6.91. The minimum absolute atomic E-state index is 0.0713. The summed E-state index contributed by atoms with van der Waals surface area (Å²) in [4.78, 5) is 2.36. The molecular formula is C14H24N2O2S2. The van der Waals surface area contributed by atoms with Gasteiger partial charge in [0.05, 0.1) is 4.90 Å². The van der Waals surface area contributed by atoms with Gasteiger partial charge < -0.3 is 5.32 Å². The number of hydrogen-bond donors (Lipinski definition) is 2. The summed E-state index contributed by atoms with van der Waals surface area (Å²) in [5.41, 5.74) is 0. The zero-order valence-corrected chi connectivity index (χ0v) is 14.2. The van der Waals surface area contributed by atoms with Crippen LogP contribution < -0.4 is 10.0 Å². The second-order valence-corrected chi connectivity index (χ2v) is 8.83. The molecule has 1 aromatic heterocycles. The smallest absolute Gasteiger partial charge is 0.241 e. The molecule has 1 heterocycles. The lowest BCUT2D eigenvalue weighted by Gasteiger charge is -2.19. The average Bonchev–Trinajstić information content (AvgIpc) is 2.88. The molecule has 0 radical (unpaired) electrons. The van der Waals surface area contributed by atoms with E-state index in [1.165, 1.54) is 0 Å². The van der Waals surface area contributed by atoms with E-state index in [9.17, 15) is 8.42 Å². The minimum atomic E-state index is -3.40. The number of aryl methyl sites for hydroxylation is 1. The van der Waals surface area contributed by atoms with Crippen molar-refractivity contribution in [1.29, 1.82) is 0 Å². The van der Waals surface area contributed by atoms with Crippen molar-refractivity contribution in [2.75, 3.05) is 7.05 Å². The molecule has 1 aliphatic rings. The molecule has 1 aliphatic carbocycles. The van der Waals surface area contributed by atoms with Gasteiger partial charge in [-0.3, -0.25) is 0 Å². The maximum absolute atomic E-state index is 12.6. The highest BCUT2D eigenvalue weighted by Crippen LogP contribution is 2.33. The van der Waals surface area contributed by atoms with Crippen molar-refractivity contribution < 1.29 is 8.42 Å². The molecule has 2 rings (SSSR count). The molecule has 6 heteroatoms. The van der Waals surface area contributed by atoms with E-state index in [-0.39, 0.29) is 6.04 Å². The van der Waals surface area contributed by atoms with E-state index in [1.54, 1.807) is 17.4 Å². The van der Waals surface area contributed by atoms with Crippen LogP contribution in [0, 0.1) is 18.8 Å². The Morgan fingerprint density at radius 1 is 1.35 bits per heavy atom. The SMILES string of the molecule is CNCc1cc(S(=O)(=O)NC2CCC(C)C2C)c(C)s1. The molecule has 3 atom stereocenters. The van der Waals surface area contributed by atoms with E-state index in [4.69, 9.17) is 0 Å². The maximum Gasteiger partial charge on any atom is 0.241 e. The molecule has 1 aromatic rings. The van der Waals surface area contributed by atoms with Crippen LogP contribution in [0.4, 0.5) is 0 Å². The molecule has 20 heavy (non-hydrogen) atoms. The molecule has 0 aromatic carbocycles. The Morgan fingerprint density at radius 3 is 2.60 bits per heavy atom. The predicted octanol–water partition coefficient (Wildman–Crippen LogP) is 2.49. The second-order valence-electron chi connectivity index (χ2n) is 5.81. The molecule has 3 unspecified atom stereocenters. The van der Waals surface area contributed by atoms with Crippen LogP contribution in [-0.4, -0.2) is 21.5 Å². The number of thiophene rings is 1. The topological polar surface area (TPSA) is 58.2 Å². The summed E-state index contributed by atoms with van der Waals surface area (Å²) in [7, 11) is -1.53. The van der Waals surface area contributed by atoms with Gasteiger partial charge in [-0.25, -0.2) is 13.1 Å². The highest BCUT2D eigenvalue weighted by molar-refractivity contribution is 7.89. The fourth-order valence-corrected chi connectivity index (χ4v) is 5.85. The summed E-state index contributed by atoms with van der Waals surface area (Å²) < 4.78 is 28.0. The van der Waals surface area contributed by atoms with Gasteiger partial charge in [-0.2, -0.15) is 0 Å². The van der Waals surface area contributed by atoms with Gasteiger partial charge in [-0.05, 0) is 44.7 Å². The van der Waals surface area contributed by atoms with E-state index in [1.807, 2.05) is 14.0 Å². The second kappa shape index (κ2) is 6.13. The van der Waals surface area contributed by atoms with Gasteiger partial charge in [-0.15, -0.1) is 11.3 Å². The first-order valence-electron chi connectivity index (χ1n) is 7.11. The lowest BCUT2D eigenvalue weighted by atomic mass is 9.98. The molecule has 114 valence electrons. The highest BCUT2D eigenvalue weighted by Gasteiger charge is 2.33. The number of hydrogen-bond acceptors (Lipinski definition) is 4. The van der Waals surface area contributed by atoms with Crippen LogP contribution in [0.25, 0.3) is 0 Å². The Balaban J connectivity index is 2.18. The zero-order chi connectivity index (χ0) is 14.9. The first kappa shape index (κ1) is 15.9. The third-order valence-corrected chi connectivity index (χ3v) is 7.13. The maximum atomic E-state index is 12.6. The van der Waals surface area contributed by atoms with Crippen molar-refractivity contribution in [3.05, 3.63) is 15.8 Å². The Hall–Kier alpha value is -0.430. The van der Waals surface area contributed by atoms with Gasteiger partial charge in [0.2, 0.25) is 10.0 Å². The molecule has 1 fully saturated rings. The molecule has 2 N–H and O–H groups in total. The Bertz CT molecular complexity index is 566. The van der Waals surface area contributed by atoms with Crippen LogP contribution >= 0.6 is 11.3 Å². The number of nitrogens with one attached hydrogen (secondary N) is 2. The summed E-state index contributed by atoms with van der Waals surface area (Å²) >= 11 is 1.54. The van der Waals surface area contributed by atoms with Gasteiger partial charge in [0.25, 0.3) is 0 Å². The van der Waals surface area contributed by atoms with Crippen LogP contribution in [0.5, 0.6) is 0 Å². The molecule has 0 aliphatic heterocycles. The first-order chi connectivity index (χ1) is 9.35. The van der Waals surface area contributed by atoms with E-state index >= 15 is 0 Å². The normalized spacial score (nSPS) is 27.1. The van der Waals surface area contributed by atoms with Crippen molar-refractivity contribution in [3.63, 3.8) is 0 Å². The van der Waals surface area contributed by atoms with Gasteiger partial charge in [0.1, 0.15) is 0 Å². The van der Waals surface area contributed by atoms with Crippen LogP contribution in [0.1, 0.15) is 36.4 Å². The molecule has 0 spiro atoms. The van der Waals surface area contributed by atoms with Gasteiger partial charge in [0, 0.05) is 22.3 Å². The van der Waals surface area contributed by atoms with E-state index in [2.05, 4.69) is 23.9 Å². The lowest BCUT2D eigenvalue weighted by Crippen LogP contribution is -2.37. The monoisotopic (exact) mass is 316 g/mol. The Kier molecular flexibility index (Phi) is 4.89. The Labute approximate surface area is 126 Å². The number of rotatable bonds is 5. The van der Waals surface area contributed by atoms with Gasteiger partial charge in [0.15, 0.2) is 0 Å². The van der Waals surface area contributed by atoms with E-state index in [0.717, 1.165) is 22.6 Å². The Morgan fingerprint density at radius 2 is 2.05 bits per heavy atom. The fourth-order valence-electron chi connectivity index (χ4n) is 2.85. The third kappa shape index (κ3) is 3.24. The van der Waals surface area contributed by atoms with E-state index in [0.29, 0.717) is 23.3 Å². The van der Waals surface area contributed by atoms with Crippen molar-refractivity contribution in [3.8, 4) is 0 Å². The van der Waals surface area contributed by atoms with Gasteiger partial charge >= 0.3 is 0 Å². The molecule has 0 bridgehead atoms. The third-order valence-electron chi connectivity index (χ3n) is 4.34. The van der Waals surface area contributed by atoms with Crippen molar-refractivity contribution in [2.24, 2.45) is 11.8 Å².